The van der Waals surface area contributed by atoms with Crippen LogP contribution in [0, 0.1) is 6.92 Å². The molecule has 0 amide bonds. The Hall–Kier alpha value is -3.14. The van der Waals surface area contributed by atoms with E-state index < -0.39 is 5.97 Å². The summed E-state index contributed by atoms with van der Waals surface area (Å²) in [5.41, 5.74) is 6.62. The van der Waals surface area contributed by atoms with E-state index in [-0.39, 0.29) is 5.56 Å². The predicted molar refractivity (Wildman–Crippen MR) is 112 cm³/mol. The van der Waals surface area contributed by atoms with Crippen LogP contribution < -0.4 is 4.74 Å². The lowest BCUT2D eigenvalue weighted by atomic mass is 9.91. The maximum atomic E-state index is 11.2. The first-order valence-corrected chi connectivity index (χ1v) is 9.51. The molecular weight excluding hydrogens is 350 g/mol. The third kappa shape index (κ3) is 4.06. The highest BCUT2D eigenvalue weighted by Crippen LogP contribution is 2.35. The van der Waals surface area contributed by atoms with E-state index in [4.69, 9.17) is 9.72 Å². The van der Waals surface area contributed by atoms with Crippen LogP contribution in [0.15, 0.2) is 54.7 Å². The summed E-state index contributed by atoms with van der Waals surface area (Å²) in [7, 11) is 1.65. The van der Waals surface area contributed by atoms with Crippen molar-refractivity contribution in [1.82, 2.24) is 4.98 Å². The second-order valence-corrected chi connectivity index (χ2v) is 6.85. The number of aromatic nitrogens is 1. The summed E-state index contributed by atoms with van der Waals surface area (Å²) in [6.07, 6.45) is 5.20. The fourth-order valence-corrected chi connectivity index (χ4v) is 3.36. The van der Waals surface area contributed by atoms with Crippen LogP contribution >= 0.6 is 0 Å². The molecule has 0 fully saturated rings. The average Bonchev–Trinajstić information content (AvgIpc) is 2.73. The molecule has 0 saturated carbocycles. The van der Waals surface area contributed by atoms with Crippen molar-refractivity contribution in [3.05, 3.63) is 71.4 Å². The van der Waals surface area contributed by atoms with E-state index in [1.807, 2.05) is 42.6 Å². The summed E-state index contributed by atoms with van der Waals surface area (Å²) in [6, 6.07) is 14.9. The molecular formula is C24H25NO3. The highest BCUT2D eigenvalue weighted by Gasteiger charge is 2.16. The largest absolute Gasteiger partial charge is 0.497 e. The van der Waals surface area contributed by atoms with E-state index in [0.717, 1.165) is 47.4 Å². The maximum absolute atomic E-state index is 11.2. The normalized spacial score (nSPS) is 10.7. The van der Waals surface area contributed by atoms with Gasteiger partial charge in [0.15, 0.2) is 0 Å². The van der Waals surface area contributed by atoms with Gasteiger partial charge in [0.2, 0.25) is 0 Å². The van der Waals surface area contributed by atoms with Gasteiger partial charge < -0.3 is 9.84 Å². The van der Waals surface area contributed by atoms with Gasteiger partial charge in [-0.3, -0.25) is 4.98 Å². The summed E-state index contributed by atoms with van der Waals surface area (Å²) in [4.78, 5) is 16.0. The number of carboxylic acid groups (broad SMARTS) is 1. The third-order valence-electron chi connectivity index (χ3n) is 5.03. The van der Waals surface area contributed by atoms with Crippen molar-refractivity contribution >= 4 is 5.97 Å². The first-order chi connectivity index (χ1) is 13.5. The Morgan fingerprint density at radius 1 is 1.04 bits per heavy atom. The number of ether oxygens (including phenoxy) is 1. The second-order valence-electron chi connectivity index (χ2n) is 6.85. The fourth-order valence-electron chi connectivity index (χ4n) is 3.36. The molecule has 0 aliphatic heterocycles. The molecule has 1 N–H and O–H groups in total. The number of aryl methyl sites for hydroxylation is 1. The SMILES string of the molecule is CCCCc1cnc(-c2ccc(OC)cc2)c(-c2ccc(C(=O)O)cc2)c1C. The molecule has 0 aliphatic carbocycles. The first kappa shape index (κ1) is 19.6. The van der Waals surface area contributed by atoms with Gasteiger partial charge in [-0.1, -0.05) is 25.5 Å². The van der Waals surface area contributed by atoms with Gasteiger partial charge >= 0.3 is 5.97 Å². The molecule has 0 bridgehead atoms. The van der Waals surface area contributed by atoms with Gasteiger partial charge in [0.1, 0.15) is 5.75 Å². The Morgan fingerprint density at radius 2 is 1.68 bits per heavy atom. The Labute approximate surface area is 165 Å². The maximum Gasteiger partial charge on any atom is 0.335 e. The average molecular weight is 375 g/mol. The fraction of sp³-hybridized carbons (Fsp3) is 0.250. The van der Waals surface area contributed by atoms with Gasteiger partial charge in [-0.25, -0.2) is 4.79 Å². The van der Waals surface area contributed by atoms with Crippen molar-refractivity contribution < 1.29 is 14.6 Å². The van der Waals surface area contributed by atoms with Gasteiger partial charge in [0.05, 0.1) is 18.4 Å². The van der Waals surface area contributed by atoms with Crippen molar-refractivity contribution in [3.8, 4) is 28.1 Å². The molecule has 1 aromatic heterocycles. The van der Waals surface area contributed by atoms with Crippen LogP contribution in [0.2, 0.25) is 0 Å². The molecule has 0 radical (unpaired) electrons. The van der Waals surface area contributed by atoms with Crippen LogP contribution in [0.5, 0.6) is 5.75 Å². The molecule has 144 valence electrons. The van der Waals surface area contributed by atoms with E-state index in [2.05, 4.69) is 13.8 Å². The van der Waals surface area contributed by atoms with Crippen LogP contribution in [0.3, 0.4) is 0 Å². The Balaban J connectivity index is 2.15. The number of carboxylic acids is 1. The van der Waals surface area contributed by atoms with Gasteiger partial charge in [-0.05, 0) is 72.9 Å². The molecule has 4 nitrogen and oxygen atoms in total. The zero-order valence-corrected chi connectivity index (χ0v) is 16.5. The summed E-state index contributed by atoms with van der Waals surface area (Å²) >= 11 is 0. The quantitative estimate of drug-likeness (QED) is 0.569. The lowest BCUT2D eigenvalue weighted by Gasteiger charge is -2.17. The highest BCUT2D eigenvalue weighted by atomic mass is 16.5. The number of aromatic carboxylic acids is 1. The molecule has 0 aliphatic rings. The van der Waals surface area contributed by atoms with Crippen molar-refractivity contribution in [2.45, 2.75) is 33.1 Å². The number of rotatable bonds is 7. The number of nitrogens with zero attached hydrogens (tertiary/aromatic N) is 1. The topological polar surface area (TPSA) is 59.4 Å². The van der Waals surface area contributed by atoms with Crippen LogP contribution in [0.4, 0.5) is 0 Å². The number of hydrogen-bond acceptors (Lipinski definition) is 3. The van der Waals surface area contributed by atoms with E-state index in [0.29, 0.717) is 0 Å². The zero-order chi connectivity index (χ0) is 20.1. The summed E-state index contributed by atoms with van der Waals surface area (Å²) < 4.78 is 5.27. The molecule has 3 aromatic rings. The summed E-state index contributed by atoms with van der Waals surface area (Å²) in [6.45, 7) is 4.31. The van der Waals surface area contributed by atoms with Crippen molar-refractivity contribution in [3.63, 3.8) is 0 Å². The Bertz CT molecular complexity index is 960. The molecule has 3 rings (SSSR count). The van der Waals surface area contributed by atoms with Gasteiger partial charge in [0.25, 0.3) is 0 Å². The molecule has 0 spiro atoms. The van der Waals surface area contributed by atoms with E-state index in [1.54, 1.807) is 19.2 Å². The summed E-state index contributed by atoms with van der Waals surface area (Å²) in [5, 5.41) is 9.20. The Morgan fingerprint density at radius 3 is 2.25 bits per heavy atom. The lowest BCUT2D eigenvalue weighted by molar-refractivity contribution is 0.0697. The minimum absolute atomic E-state index is 0.280. The number of benzene rings is 2. The van der Waals surface area contributed by atoms with Crippen molar-refractivity contribution in [2.24, 2.45) is 0 Å². The molecule has 1 heterocycles. The van der Waals surface area contributed by atoms with Crippen LogP contribution in [0.1, 0.15) is 41.3 Å². The van der Waals surface area contributed by atoms with E-state index in [9.17, 15) is 9.90 Å². The zero-order valence-electron chi connectivity index (χ0n) is 16.5. The molecule has 2 aromatic carbocycles. The van der Waals surface area contributed by atoms with Crippen molar-refractivity contribution in [1.29, 1.82) is 0 Å². The number of carbonyl (C=O) groups is 1. The van der Waals surface area contributed by atoms with E-state index in [1.165, 1.54) is 11.1 Å². The minimum Gasteiger partial charge on any atom is -0.497 e. The third-order valence-corrected chi connectivity index (χ3v) is 5.03. The monoisotopic (exact) mass is 375 g/mol. The predicted octanol–water partition coefficient (Wildman–Crippen LogP) is 5.77. The highest BCUT2D eigenvalue weighted by molar-refractivity contribution is 5.90. The molecule has 0 unspecified atom stereocenters. The Kier molecular flexibility index (Phi) is 6.09. The first-order valence-electron chi connectivity index (χ1n) is 9.51. The smallest absolute Gasteiger partial charge is 0.335 e. The van der Waals surface area contributed by atoms with Crippen LogP contribution in [-0.4, -0.2) is 23.2 Å². The van der Waals surface area contributed by atoms with Crippen molar-refractivity contribution in [2.75, 3.05) is 7.11 Å². The number of methoxy groups -OCH3 is 1. The van der Waals surface area contributed by atoms with Crippen LogP contribution in [-0.2, 0) is 6.42 Å². The van der Waals surface area contributed by atoms with Gasteiger partial charge in [0, 0.05) is 17.3 Å². The lowest BCUT2D eigenvalue weighted by Crippen LogP contribution is -2.00. The number of hydrogen-bond donors (Lipinski definition) is 1. The summed E-state index contributed by atoms with van der Waals surface area (Å²) in [5.74, 6) is -0.124. The van der Waals surface area contributed by atoms with Crippen LogP contribution in [0.25, 0.3) is 22.4 Å². The molecule has 0 atom stereocenters. The molecule has 4 heteroatoms. The number of unbranched alkanes of at least 4 members (excludes halogenated alkanes) is 1. The molecule has 28 heavy (non-hydrogen) atoms. The van der Waals surface area contributed by atoms with Gasteiger partial charge in [-0.2, -0.15) is 0 Å². The minimum atomic E-state index is -0.923. The molecule has 0 saturated heterocycles. The number of pyridine rings is 1. The standard InChI is InChI=1S/C24H25NO3/c1-4-5-6-20-15-25-23(18-11-13-21(28-3)14-12-18)22(16(20)2)17-7-9-19(10-8-17)24(26)27/h7-15H,4-6H2,1-3H3,(H,26,27). The second kappa shape index (κ2) is 8.70. The van der Waals surface area contributed by atoms with Gasteiger partial charge in [-0.15, -0.1) is 0 Å². The van der Waals surface area contributed by atoms with E-state index >= 15 is 0 Å².